The van der Waals surface area contributed by atoms with E-state index in [1.807, 2.05) is 24.4 Å². The van der Waals surface area contributed by atoms with Crippen LogP contribution >= 0.6 is 0 Å². The Morgan fingerprint density at radius 2 is 1.83 bits per heavy atom. The number of hydrogen-bond acceptors (Lipinski definition) is 6. The summed E-state index contributed by atoms with van der Waals surface area (Å²) in [5, 5.41) is 0. The second kappa shape index (κ2) is 13.3. The molecule has 3 aromatic rings. The topological polar surface area (TPSA) is 84.6 Å². The van der Waals surface area contributed by atoms with Crippen molar-refractivity contribution in [2.24, 2.45) is 5.73 Å². The number of halogens is 3. The van der Waals surface area contributed by atoms with Crippen LogP contribution in [0.15, 0.2) is 42.7 Å². The highest BCUT2D eigenvalue weighted by Gasteiger charge is 2.28. The summed E-state index contributed by atoms with van der Waals surface area (Å²) >= 11 is 0. The number of ether oxygens (including phenoxy) is 1. The molecule has 7 nitrogen and oxygen atoms in total. The maximum Gasteiger partial charge on any atom is 0.387 e. The molecule has 0 bridgehead atoms. The van der Waals surface area contributed by atoms with Crippen LogP contribution in [0.2, 0.25) is 0 Å². The van der Waals surface area contributed by atoms with Gasteiger partial charge in [-0.05, 0) is 100 Å². The number of aryl methyl sites for hydroxylation is 2. The van der Waals surface area contributed by atoms with E-state index in [1.54, 1.807) is 32.2 Å². The normalized spacial score (nSPS) is 15.2. The lowest BCUT2D eigenvalue weighted by atomic mass is 9.95. The quantitative estimate of drug-likeness (QED) is 0.297. The summed E-state index contributed by atoms with van der Waals surface area (Å²) in [5.74, 6) is -1.00. The molecule has 1 fully saturated rings. The number of hydrogen-bond donors (Lipinski definition) is 1. The molecule has 1 aliphatic heterocycles. The number of benzene rings is 1. The number of rotatable bonds is 11. The number of nitrogens with two attached hydrogens (primary N) is 1. The lowest BCUT2D eigenvalue weighted by Crippen LogP contribution is -2.47. The number of likely N-dealkylation sites (tertiary alicyclic amines) is 1. The Hall–Kier alpha value is -3.66. The summed E-state index contributed by atoms with van der Waals surface area (Å²) < 4.78 is 44.6. The van der Waals surface area contributed by atoms with Crippen LogP contribution in [0.3, 0.4) is 0 Å². The zero-order valence-corrected chi connectivity index (χ0v) is 24.0. The van der Waals surface area contributed by atoms with Crippen molar-refractivity contribution < 1.29 is 22.7 Å². The first-order valence-corrected chi connectivity index (χ1v) is 14.0. The highest BCUT2D eigenvalue weighted by molar-refractivity contribution is 5.95. The van der Waals surface area contributed by atoms with Crippen LogP contribution < -0.4 is 15.4 Å². The van der Waals surface area contributed by atoms with Crippen LogP contribution in [0.4, 0.5) is 18.9 Å². The zero-order chi connectivity index (χ0) is 29.7. The summed E-state index contributed by atoms with van der Waals surface area (Å²) in [6.07, 6.45) is 6.64. The number of primary amides is 1. The molecule has 1 saturated heterocycles. The van der Waals surface area contributed by atoms with Gasteiger partial charge in [0.2, 0.25) is 5.95 Å². The average Bonchev–Trinajstić information content (AvgIpc) is 2.92. The molecule has 1 aromatic carbocycles. The predicted molar refractivity (Wildman–Crippen MR) is 153 cm³/mol. The molecule has 0 spiro atoms. The number of carbonyl (C=O) groups excluding carboxylic acids is 1. The number of amides is 1. The van der Waals surface area contributed by atoms with Crippen LogP contribution in [0.1, 0.15) is 64.5 Å². The van der Waals surface area contributed by atoms with E-state index in [1.165, 1.54) is 0 Å². The van der Waals surface area contributed by atoms with Gasteiger partial charge in [0.05, 0.1) is 11.3 Å². The van der Waals surface area contributed by atoms with Crippen LogP contribution in [0, 0.1) is 26.7 Å². The first kappa shape index (κ1) is 30.3. The predicted octanol–water partition coefficient (Wildman–Crippen LogP) is 5.73. The van der Waals surface area contributed by atoms with Crippen molar-refractivity contribution in [1.82, 2.24) is 14.9 Å². The third-order valence-electron chi connectivity index (χ3n) is 8.21. The summed E-state index contributed by atoms with van der Waals surface area (Å²) in [6.45, 7) is 7.03. The van der Waals surface area contributed by atoms with Gasteiger partial charge in [0.15, 0.2) is 0 Å². The highest BCUT2D eigenvalue weighted by atomic mass is 19.3. The maximum atomic E-state index is 14.7. The molecular formula is C31H38F3N5O2. The molecule has 2 N–H and O–H groups in total. The molecular weight excluding hydrogens is 531 g/mol. The fourth-order valence-corrected chi connectivity index (χ4v) is 5.77. The first-order valence-electron chi connectivity index (χ1n) is 14.0. The molecule has 1 amide bonds. The van der Waals surface area contributed by atoms with Crippen LogP contribution in [-0.4, -0.2) is 52.6 Å². The molecule has 0 unspecified atom stereocenters. The fraction of sp³-hybridized carbons (Fsp3) is 0.452. The van der Waals surface area contributed by atoms with Crippen molar-refractivity contribution in [3.05, 3.63) is 82.2 Å². The molecule has 1 aliphatic rings. The minimum absolute atomic E-state index is 0.128. The molecule has 10 heteroatoms. The fourth-order valence-electron chi connectivity index (χ4n) is 5.77. The van der Waals surface area contributed by atoms with E-state index in [4.69, 9.17) is 5.73 Å². The average molecular weight is 570 g/mol. The van der Waals surface area contributed by atoms with Crippen molar-refractivity contribution in [1.29, 1.82) is 0 Å². The Morgan fingerprint density at radius 3 is 2.44 bits per heavy atom. The van der Waals surface area contributed by atoms with Gasteiger partial charge < -0.3 is 20.3 Å². The van der Waals surface area contributed by atoms with Gasteiger partial charge in [-0.3, -0.25) is 9.78 Å². The van der Waals surface area contributed by atoms with E-state index in [0.29, 0.717) is 35.3 Å². The van der Waals surface area contributed by atoms with Crippen molar-refractivity contribution >= 4 is 11.6 Å². The van der Waals surface area contributed by atoms with Crippen molar-refractivity contribution in [2.75, 3.05) is 18.0 Å². The van der Waals surface area contributed by atoms with Gasteiger partial charge in [-0.1, -0.05) is 0 Å². The molecule has 2 aromatic heterocycles. The Labute approximate surface area is 239 Å². The first-order chi connectivity index (χ1) is 19.5. The molecule has 0 aliphatic carbocycles. The van der Waals surface area contributed by atoms with E-state index in [-0.39, 0.29) is 17.8 Å². The van der Waals surface area contributed by atoms with Crippen molar-refractivity contribution in [3.8, 4) is 5.75 Å². The number of alkyl halides is 2. The molecule has 1 atom stereocenters. The third-order valence-corrected chi connectivity index (χ3v) is 8.21. The SMILES string of the molecule is Cc1ccncc1CN(c1ccc(OC(F)F)cc1)C1CCN([C@H](C)CCc2c(F)nc(C)c(C(N)=O)c2C)CC1. The molecule has 0 radical (unpaired) electrons. The van der Waals surface area contributed by atoms with E-state index in [0.717, 1.165) is 49.2 Å². The monoisotopic (exact) mass is 569 g/mol. The van der Waals surface area contributed by atoms with Gasteiger partial charge in [-0.15, -0.1) is 0 Å². The Kier molecular flexibility index (Phi) is 9.86. The number of nitrogens with zero attached hydrogens (tertiary/aromatic N) is 4. The summed E-state index contributed by atoms with van der Waals surface area (Å²) in [7, 11) is 0. The van der Waals surface area contributed by atoms with Gasteiger partial charge in [-0.25, -0.2) is 4.98 Å². The number of piperidine rings is 1. The zero-order valence-electron chi connectivity index (χ0n) is 24.0. The third kappa shape index (κ3) is 7.35. The largest absolute Gasteiger partial charge is 0.435 e. The van der Waals surface area contributed by atoms with Crippen molar-refractivity contribution in [3.63, 3.8) is 0 Å². The number of carbonyl (C=O) groups is 1. The summed E-state index contributed by atoms with van der Waals surface area (Å²) in [6, 6.07) is 9.22. The second-order valence-electron chi connectivity index (χ2n) is 10.8. The van der Waals surface area contributed by atoms with Crippen molar-refractivity contribution in [2.45, 2.75) is 78.6 Å². The number of aromatic nitrogens is 2. The second-order valence-corrected chi connectivity index (χ2v) is 10.8. The van der Waals surface area contributed by atoms with E-state index in [9.17, 15) is 18.0 Å². The van der Waals surface area contributed by atoms with Gasteiger partial charge >= 0.3 is 6.61 Å². The van der Waals surface area contributed by atoms with Crippen LogP contribution in [0.25, 0.3) is 0 Å². The molecule has 3 heterocycles. The smallest absolute Gasteiger partial charge is 0.387 e. The molecule has 220 valence electrons. The van der Waals surface area contributed by atoms with Gasteiger partial charge in [0.25, 0.3) is 5.91 Å². The molecule has 4 rings (SSSR count). The van der Waals surface area contributed by atoms with Crippen LogP contribution in [-0.2, 0) is 13.0 Å². The minimum Gasteiger partial charge on any atom is -0.435 e. The summed E-state index contributed by atoms with van der Waals surface area (Å²) in [4.78, 5) is 24.8. The minimum atomic E-state index is -2.87. The number of anilines is 1. The lowest BCUT2D eigenvalue weighted by molar-refractivity contribution is -0.0498. The van der Waals surface area contributed by atoms with E-state index in [2.05, 4.69) is 38.4 Å². The van der Waals surface area contributed by atoms with Gasteiger partial charge in [0, 0.05) is 55.4 Å². The Morgan fingerprint density at radius 1 is 1.15 bits per heavy atom. The Balaban J connectivity index is 1.44. The maximum absolute atomic E-state index is 14.7. The number of pyridine rings is 2. The van der Waals surface area contributed by atoms with Gasteiger partial charge in [0.1, 0.15) is 5.75 Å². The van der Waals surface area contributed by atoms with Crippen LogP contribution in [0.5, 0.6) is 5.75 Å². The van der Waals surface area contributed by atoms with E-state index < -0.39 is 18.5 Å². The molecule has 41 heavy (non-hydrogen) atoms. The van der Waals surface area contributed by atoms with Gasteiger partial charge in [-0.2, -0.15) is 13.2 Å². The highest BCUT2D eigenvalue weighted by Crippen LogP contribution is 2.30. The lowest BCUT2D eigenvalue weighted by Gasteiger charge is -2.42. The Bertz CT molecular complexity index is 1340. The molecule has 0 saturated carbocycles. The standard InChI is InChI=1S/C31H38F3N5O2/c1-19-11-14-36-17-23(19)18-39(24-6-8-26(9-7-24)41-31(33)34)25-12-15-38(16-13-25)20(2)5-10-27-21(3)28(30(35)40)22(4)37-29(27)32/h6-9,11,14,17,20,25,31H,5,10,12-13,15-16,18H2,1-4H3,(H2,35,40)/t20-/m1/s1. The summed E-state index contributed by atoms with van der Waals surface area (Å²) in [5.41, 5.74) is 10.3. The van der Waals surface area contributed by atoms with E-state index >= 15 is 0 Å².